The number of primary amides is 1. The van der Waals surface area contributed by atoms with E-state index in [2.05, 4.69) is 19.6 Å². The Hall–Kier alpha value is -3.82. The topological polar surface area (TPSA) is 124 Å². The van der Waals surface area contributed by atoms with E-state index < -0.39 is 23.9 Å². The van der Waals surface area contributed by atoms with Crippen molar-refractivity contribution in [2.24, 2.45) is 5.73 Å². The first-order valence-corrected chi connectivity index (χ1v) is 7.83. The Morgan fingerprint density at radius 1 is 1.26 bits per heavy atom. The summed E-state index contributed by atoms with van der Waals surface area (Å²) in [5, 5.41) is 3.68. The van der Waals surface area contributed by atoms with Gasteiger partial charge < -0.3 is 15.0 Å². The molecule has 1 aromatic carbocycles. The fourth-order valence-electron chi connectivity index (χ4n) is 2.70. The monoisotopic (exact) mass is 369 g/mol. The summed E-state index contributed by atoms with van der Waals surface area (Å²) in [5.41, 5.74) is 6.72. The highest BCUT2D eigenvalue weighted by Gasteiger charge is 2.36. The summed E-state index contributed by atoms with van der Waals surface area (Å²) in [7, 11) is 0. The number of pyridine rings is 1. The van der Waals surface area contributed by atoms with Crippen molar-refractivity contribution in [3.8, 4) is 22.6 Å². The molecule has 136 valence electrons. The molecule has 0 spiro atoms. The molecular formula is C17H12FN5O4. The molecule has 0 radical (unpaired) electrons. The minimum absolute atomic E-state index is 0.0616. The lowest BCUT2D eigenvalue weighted by molar-refractivity contribution is -0.124. The van der Waals surface area contributed by atoms with Gasteiger partial charge in [-0.25, -0.2) is 9.18 Å². The largest absolute Gasteiger partial charge is 0.434 e. The Labute approximate surface area is 151 Å². The third kappa shape index (κ3) is 3.08. The lowest BCUT2D eigenvalue weighted by atomic mass is 10.1. The molecule has 10 heteroatoms. The van der Waals surface area contributed by atoms with Gasteiger partial charge in [-0.3, -0.25) is 14.7 Å². The first kappa shape index (κ1) is 16.6. The number of carbonyl (C=O) groups excluding carboxylic acids is 2. The van der Waals surface area contributed by atoms with E-state index in [1.165, 1.54) is 24.7 Å². The van der Waals surface area contributed by atoms with E-state index in [1.54, 1.807) is 18.2 Å². The third-order valence-electron chi connectivity index (χ3n) is 4.06. The molecule has 1 fully saturated rings. The summed E-state index contributed by atoms with van der Waals surface area (Å²) in [6.07, 6.45) is 0.867. The first-order valence-electron chi connectivity index (χ1n) is 7.83. The van der Waals surface area contributed by atoms with Gasteiger partial charge in [-0.1, -0.05) is 11.2 Å². The molecule has 0 aliphatic carbocycles. The van der Waals surface area contributed by atoms with Crippen LogP contribution in [0.25, 0.3) is 22.6 Å². The van der Waals surface area contributed by atoms with Crippen molar-refractivity contribution in [3.05, 3.63) is 48.7 Å². The van der Waals surface area contributed by atoms with Crippen molar-refractivity contribution < 1.29 is 23.2 Å². The fourth-order valence-corrected chi connectivity index (χ4v) is 2.70. The van der Waals surface area contributed by atoms with Gasteiger partial charge >= 0.3 is 6.09 Å². The number of aromatic nitrogens is 3. The molecule has 3 heterocycles. The first-order chi connectivity index (χ1) is 13.0. The van der Waals surface area contributed by atoms with Crippen molar-refractivity contribution in [2.75, 3.05) is 11.4 Å². The normalized spacial score (nSPS) is 16.4. The maximum Gasteiger partial charge on any atom is 0.415 e. The molecule has 4 rings (SSSR count). The SMILES string of the molecule is NC(=O)[C@H]1CN(c2ccc(-c3ccc(-c4ncon4)nc3)c(F)c2)C(=O)O1. The molecule has 0 saturated carbocycles. The van der Waals surface area contributed by atoms with Crippen molar-refractivity contribution in [2.45, 2.75) is 6.10 Å². The van der Waals surface area contributed by atoms with E-state index in [0.717, 1.165) is 4.90 Å². The minimum atomic E-state index is -1.05. The van der Waals surface area contributed by atoms with Crippen LogP contribution in [0.5, 0.6) is 0 Å². The highest BCUT2D eigenvalue weighted by Crippen LogP contribution is 2.29. The lowest BCUT2D eigenvalue weighted by Gasteiger charge is -2.14. The Balaban J connectivity index is 1.59. The maximum atomic E-state index is 14.6. The zero-order chi connectivity index (χ0) is 19.0. The number of anilines is 1. The number of carbonyl (C=O) groups is 2. The Morgan fingerprint density at radius 2 is 2.11 bits per heavy atom. The Morgan fingerprint density at radius 3 is 2.70 bits per heavy atom. The van der Waals surface area contributed by atoms with Crippen molar-refractivity contribution >= 4 is 17.7 Å². The Bertz CT molecular complexity index is 1010. The zero-order valence-electron chi connectivity index (χ0n) is 13.7. The van der Waals surface area contributed by atoms with Crippen LogP contribution in [-0.4, -0.2) is 39.8 Å². The van der Waals surface area contributed by atoms with Gasteiger partial charge in [-0.05, 0) is 24.3 Å². The number of nitrogens with zero attached hydrogens (tertiary/aromatic N) is 4. The summed E-state index contributed by atoms with van der Waals surface area (Å²) >= 11 is 0. The fraction of sp³-hybridized carbons (Fsp3) is 0.118. The molecule has 1 atom stereocenters. The molecule has 1 saturated heterocycles. The van der Waals surface area contributed by atoms with E-state index >= 15 is 0 Å². The molecule has 0 unspecified atom stereocenters. The van der Waals surface area contributed by atoms with Gasteiger partial charge in [0, 0.05) is 17.3 Å². The van der Waals surface area contributed by atoms with Gasteiger partial charge in [0.25, 0.3) is 5.91 Å². The number of benzene rings is 1. The molecule has 1 aliphatic rings. The minimum Gasteiger partial charge on any atom is -0.434 e. The summed E-state index contributed by atoms with van der Waals surface area (Å²) in [6.45, 7) is -0.0616. The van der Waals surface area contributed by atoms with E-state index in [9.17, 15) is 14.0 Å². The maximum absolute atomic E-state index is 14.6. The van der Waals surface area contributed by atoms with Gasteiger partial charge in [-0.2, -0.15) is 4.98 Å². The number of halogens is 1. The quantitative estimate of drug-likeness (QED) is 0.743. The average molecular weight is 369 g/mol. The molecule has 2 aromatic heterocycles. The number of rotatable bonds is 4. The van der Waals surface area contributed by atoms with Crippen LogP contribution in [0.1, 0.15) is 0 Å². The van der Waals surface area contributed by atoms with Gasteiger partial charge in [0.2, 0.25) is 12.2 Å². The average Bonchev–Trinajstić information content (AvgIpc) is 3.32. The second-order valence-corrected chi connectivity index (χ2v) is 5.74. The van der Waals surface area contributed by atoms with Crippen LogP contribution in [0.4, 0.5) is 14.9 Å². The molecular weight excluding hydrogens is 357 g/mol. The third-order valence-corrected chi connectivity index (χ3v) is 4.06. The smallest absolute Gasteiger partial charge is 0.415 e. The molecule has 27 heavy (non-hydrogen) atoms. The van der Waals surface area contributed by atoms with Gasteiger partial charge in [0.15, 0.2) is 6.10 Å². The van der Waals surface area contributed by atoms with Crippen LogP contribution in [0.2, 0.25) is 0 Å². The van der Waals surface area contributed by atoms with E-state index in [4.69, 9.17) is 10.5 Å². The van der Waals surface area contributed by atoms with Gasteiger partial charge in [-0.15, -0.1) is 0 Å². The van der Waals surface area contributed by atoms with E-state index in [0.29, 0.717) is 22.6 Å². The van der Waals surface area contributed by atoms with E-state index in [1.807, 2.05) is 0 Å². The van der Waals surface area contributed by atoms with E-state index in [-0.39, 0.29) is 12.2 Å². The predicted molar refractivity (Wildman–Crippen MR) is 89.7 cm³/mol. The van der Waals surface area contributed by atoms with Crippen molar-refractivity contribution in [1.82, 2.24) is 15.1 Å². The Kier molecular flexibility index (Phi) is 3.99. The summed E-state index contributed by atoms with van der Waals surface area (Å²) < 4.78 is 24.1. The number of cyclic esters (lactones) is 1. The molecule has 2 N–H and O–H groups in total. The molecule has 3 aromatic rings. The summed E-state index contributed by atoms with van der Waals surface area (Å²) in [5.74, 6) is -0.985. The zero-order valence-corrected chi connectivity index (χ0v) is 13.7. The van der Waals surface area contributed by atoms with Crippen LogP contribution in [0.15, 0.2) is 47.4 Å². The number of ether oxygens (including phenoxy) is 1. The highest BCUT2D eigenvalue weighted by molar-refractivity contribution is 5.95. The van der Waals surface area contributed by atoms with Crippen LogP contribution in [0.3, 0.4) is 0 Å². The van der Waals surface area contributed by atoms with Crippen LogP contribution in [-0.2, 0) is 9.53 Å². The second-order valence-electron chi connectivity index (χ2n) is 5.74. The van der Waals surface area contributed by atoms with Crippen LogP contribution in [0, 0.1) is 5.82 Å². The summed E-state index contributed by atoms with van der Waals surface area (Å²) in [6, 6.07) is 7.57. The molecule has 9 nitrogen and oxygen atoms in total. The number of nitrogens with two attached hydrogens (primary N) is 1. The molecule has 0 bridgehead atoms. The molecule has 1 aliphatic heterocycles. The second kappa shape index (κ2) is 6.48. The van der Waals surface area contributed by atoms with Crippen molar-refractivity contribution in [1.29, 1.82) is 0 Å². The standard InChI is InChI=1S/C17H12FN5O4/c18-12-5-10(23-7-14(15(19)24)27-17(23)25)2-3-11(12)9-1-4-13(20-6-9)16-21-8-26-22-16/h1-6,8,14H,7H2,(H2,19,24)/t14-/m1/s1. The number of hydrogen-bond acceptors (Lipinski definition) is 7. The van der Waals surface area contributed by atoms with Gasteiger partial charge in [0.05, 0.1) is 12.2 Å². The van der Waals surface area contributed by atoms with Crippen LogP contribution >= 0.6 is 0 Å². The lowest BCUT2D eigenvalue weighted by Crippen LogP contribution is -2.32. The van der Waals surface area contributed by atoms with Gasteiger partial charge in [0.1, 0.15) is 11.5 Å². The van der Waals surface area contributed by atoms with Crippen molar-refractivity contribution in [3.63, 3.8) is 0 Å². The predicted octanol–water partition coefficient (Wildman–Crippen LogP) is 1.75. The summed E-state index contributed by atoms with van der Waals surface area (Å²) in [4.78, 5) is 32.3. The highest BCUT2D eigenvalue weighted by atomic mass is 19.1. The number of amides is 2. The molecule has 2 amide bonds. The van der Waals surface area contributed by atoms with Crippen LogP contribution < -0.4 is 10.6 Å². The number of hydrogen-bond donors (Lipinski definition) is 1.